The average molecular weight is 155 g/mol. The van der Waals surface area contributed by atoms with Crippen molar-refractivity contribution in [1.29, 1.82) is 0 Å². The molecule has 64 valence electrons. The van der Waals surface area contributed by atoms with E-state index < -0.39 is 0 Å². The summed E-state index contributed by atoms with van der Waals surface area (Å²) in [5, 5.41) is 0. The van der Waals surface area contributed by atoms with Gasteiger partial charge in [0, 0.05) is 5.54 Å². The van der Waals surface area contributed by atoms with Crippen molar-refractivity contribution in [2.75, 3.05) is 0 Å². The fourth-order valence-corrected chi connectivity index (χ4v) is 2.31. The van der Waals surface area contributed by atoms with Crippen LogP contribution >= 0.6 is 0 Å². The molecule has 0 amide bonds. The third-order valence-electron chi connectivity index (χ3n) is 3.51. The molecule has 1 atom stereocenters. The van der Waals surface area contributed by atoms with E-state index in [9.17, 15) is 0 Å². The van der Waals surface area contributed by atoms with E-state index >= 15 is 0 Å². The second kappa shape index (κ2) is 1.99. The highest BCUT2D eigenvalue weighted by molar-refractivity contribution is 5.04. The van der Waals surface area contributed by atoms with E-state index in [0.29, 0.717) is 0 Å². The van der Waals surface area contributed by atoms with E-state index in [-0.39, 0.29) is 17.2 Å². The van der Waals surface area contributed by atoms with Crippen LogP contribution in [-0.2, 0) is 4.74 Å². The highest BCUT2D eigenvalue weighted by Crippen LogP contribution is 2.45. The molecule has 3 aliphatic rings. The molecular weight excluding hydrogens is 138 g/mol. The summed E-state index contributed by atoms with van der Waals surface area (Å²) in [5.74, 6) is 0. The molecule has 1 aliphatic carbocycles. The maximum atomic E-state index is 6.17. The van der Waals surface area contributed by atoms with Gasteiger partial charge in [-0.05, 0) is 39.5 Å². The minimum absolute atomic E-state index is 0.00222. The summed E-state index contributed by atoms with van der Waals surface area (Å²) in [7, 11) is 0. The summed E-state index contributed by atoms with van der Waals surface area (Å²) < 4.78 is 5.85. The lowest BCUT2D eigenvalue weighted by Crippen LogP contribution is -2.63. The Morgan fingerprint density at radius 3 is 2.18 bits per heavy atom. The van der Waals surface area contributed by atoms with Gasteiger partial charge in [0.1, 0.15) is 0 Å². The first kappa shape index (κ1) is 7.56. The third-order valence-corrected chi connectivity index (χ3v) is 3.51. The first-order chi connectivity index (χ1) is 5.04. The smallest absolute Gasteiger partial charge is 0.0733 e. The molecule has 0 aromatic rings. The molecule has 2 aliphatic heterocycles. The second-order valence-corrected chi connectivity index (χ2v) is 4.44. The van der Waals surface area contributed by atoms with Crippen molar-refractivity contribution < 1.29 is 4.74 Å². The fraction of sp³-hybridized carbons (Fsp3) is 1.00. The quantitative estimate of drug-likeness (QED) is 0.574. The Balaban J connectivity index is 2.22. The van der Waals surface area contributed by atoms with Crippen LogP contribution in [0.4, 0.5) is 0 Å². The molecule has 2 bridgehead atoms. The largest absolute Gasteiger partial charge is 0.370 e. The summed E-state index contributed by atoms with van der Waals surface area (Å²) in [5.41, 5.74) is 6.32. The molecule has 2 heteroatoms. The number of rotatable bonds is 0. The minimum atomic E-state index is -0.00222. The lowest BCUT2D eigenvalue weighted by Gasteiger charge is -2.54. The summed E-state index contributed by atoms with van der Waals surface area (Å²) in [6.07, 6.45) is 4.84. The average Bonchev–Trinajstić information content (AvgIpc) is 1.94. The minimum Gasteiger partial charge on any atom is -0.370 e. The standard InChI is InChI=1S/C9H17NO/c1-7-9(10)5-3-8(2,11-7)4-6-9/h7H,3-6,10H2,1-2H3. The van der Waals surface area contributed by atoms with Crippen LogP contribution in [0.1, 0.15) is 39.5 Å². The van der Waals surface area contributed by atoms with Crippen molar-refractivity contribution in [1.82, 2.24) is 0 Å². The van der Waals surface area contributed by atoms with Gasteiger partial charge < -0.3 is 10.5 Å². The molecule has 2 saturated heterocycles. The molecule has 3 fully saturated rings. The Kier molecular flexibility index (Phi) is 1.37. The molecule has 0 spiro atoms. The molecule has 2 nitrogen and oxygen atoms in total. The SMILES string of the molecule is CC1OC2(C)CCC1(N)CC2. The van der Waals surface area contributed by atoms with Gasteiger partial charge in [-0.1, -0.05) is 0 Å². The number of ether oxygens (including phenoxy) is 1. The molecule has 2 heterocycles. The molecule has 0 radical (unpaired) electrons. The zero-order valence-corrected chi connectivity index (χ0v) is 7.39. The monoisotopic (exact) mass is 155 g/mol. The number of hydrogen-bond donors (Lipinski definition) is 1. The van der Waals surface area contributed by atoms with Crippen LogP contribution in [0.3, 0.4) is 0 Å². The maximum Gasteiger partial charge on any atom is 0.0733 e. The summed E-state index contributed by atoms with van der Waals surface area (Å²) in [6.45, 7) is 4.32. The zero-order chi connectivity index (χ0) is 8.11. The molecule has 0 aromatic carbocycles. The molecule has 1 unspecified atom stereocenters. The number of hydrogen-bond acceptors (Lipinski definition) is 2. The van der Waals surface area contributed by atoms with Crippen LogP contribution in [-0.4, -0.2) is 17.2 Å². The number of fused-ring (bicyclic) bond motifs is 3. The molecular formula is C9H17NO. The van der Waals surface area contributed by atoms with E-state index in [1.54, 1.807) is 0 Å². The van der Waals surface area contributed by atoms with E-state index in [0.717, 1.165) is 25.7 Å². The summed E-state index contributed by atoms with van der Waals surface area (Å²) >= 11 is 0. The van der Waals surface area contributed by atoms with Crippen LogP contribution in [0.2, 0.25) is 0 Å². The van der Waals surface area contributed by atoms with Gasteiger partial charge in [-0.2, -0.15) is 0 Å². The van der Waals surface area contributed by atoms with Gasteiger partial charge in [-0.3, -0.25) is 0 Å². The predicted octanol–water partition coefficient (Wildman–Crippen LogP) is 1.44. The van der Waals surface area contributed by atoms with Crippen molar-refractivity contribution in [3.8, 4) is 0 Å². The van der Waals surface area contributed by atoms with E-state index in [1.165, 1.54) is 0 Å². The van der Waals surface area contributed by atoms with Crippen molar-refractivity contribution in [2.24, 2.45) is 5.73 Å². The summed E-state index contributed by atoms with van der Waals surface area (Å²) in [6, 6.07) is 0. The van der Waals surface area contributed by atoms with Gasteiger partial charge in [0.2, 0.25) is 0 Å². The van der Waals surface area contributed by atoms with Crippen molar-refractivity contribution in [3.05, 3.63) is 0 Å². The highest BCUT2D eigenvalue weighted by atomic mass is 16.5. The van der Waals surface area contributed by atoms with Crippen LogP contribution in [0, 0.1) is 0 Å². The van der Waals surface area contributed by atoms with Crippen molar-refractivity contribution in [3.63, 3.8) is 0 Å². The second-order valence-electron chi connectivity index (χ2n) is 4.44. The molecule has 0 aromatic heterocycles. The first-order valence-electron chi connectivity index (χ1n) is 4.51. The Morgan fingerprint density at radius 1 is 1.27 bits per heavy atom. The Morgan fingerprint density at radius 2 is 1.82 bits per heavy atom. The van der Waals surface area contributed by atoms with Gasteiger partial charge in [0.15, 0.2) is 0 Å². The molecule has 3 rings (SSSR count). The highest BCUT2D eigenvalue weighted by Gasteiger charge is 2.49. The fourth-order valence-electron chi connectivity index (χ4n) is 2.31. The molecule has 11 heavy (non-hydrogen) atoms. The predicted molar refractivity (Wildman–Crippen MR) is 44.3 cm³/mol. The van der Waals surface area contributed by atoms with E-state index in [4.69, 9.17) is 10.5 Å². The topological polar surface area (TPSA) is 35.2 Å². The van der Waals surface area contributed by atoms with Crippen molar-refractivity contribution >= 4 is 0 Å². The number of nitrogens with two attached hydrogens (primary N) is 1. The lowest BCUT2D eigenvalue weighted by molar-refractivity contribution is -0.186. The third kappa shape index (κ3) is 1.00. The van der Waals surface area contributed by atoms with Gasteiger partial charge in [-0.25, -0.2) is 0 Å². The Hall–Kier alpha value is -0.0800. The zero-order valence-electron chi connectivity index (χ0n) is 7.39. The van der Waals surface area contributed by atoms with E-state index in [2.05, 4.69) is 13.8 Å². The Labute approximate surface area is 68.1 Å². The van der Waals surface area contributed by atoms with Crippen LogP contribution < -0.4 is 5.73 Å². The normalized spacial score (nSPS) is 56.5. The van der Waals surface area contributed by atoms with Gasteiger partial charge in [0.25, 0.3) is 0 Å². The van der Waals surface area contributed by atoms with Crippen LogP contribution in [0.5, 0.6) is 0 Å². The van der Waals surface area contributed by atoms with E-state index in [1.807, 2.05) is 0 Å². The summed E-state index contributed by atoms with van der Waals surface area (Å²) in [4.78, 5) is 0. The van der Waals surface area contributed by atoms with Gasteiger partial charge in [-0.15, -0.1) is 0 Å². The Bertz CT molecular complexity index is 170. The molecule has 2 N–H and O–H groups in total. The first-order valence-corrected chi connectivity index (χ1v) is 4.51. The van der Waals surface area contributed by atoms with Crippen LogP contribution in [0.15, 0.2) is 0 Å². The molecule has 1 saturated carbocycles. The van der Waals surface area contributed by atoms with Gasteiger partial charge in [0.05, 0.1) is 11.7 Å². The van der Waals surface area contributed by atoms with Crippen molar-refractivity contribution in [2.45, 2.75) is 56.8 Å². The maximum absolute atomic E-state index is 6.17. The van der Waals surface area contributed by atoms with Gasteiger partial charge >= 0.3 is 0 Å². The van der Waals surface area contributed by atoms with Crippen LogP contribution in [0.25, 0.3) is 0 Å². The lowest BCUT2D eigenvalue weighted by atomic mass is 9.69.